The summed E-state index contributed by atoms with van der Waals surface area (Å²) in [4.78, 5) is 19.3. The van der Waals surface area contributed by atoms with E-state index in [1.807, 2.05) is 69.3 Å². The van der Waals surface area contributed by atoms with E-state index in [0.717, 1.165) is 22.2 Å². The first-order valence-corrected chi connectivity index (χ1v) is 9.41. The molecule has 0 N–H and O–H groups in total. The van der Waals surface area contributed by atoms with Gasteiger partial charge in [-0.15, -0.1) is 5.10 Å². The first-order valence-electron chi connectivity index (χ1n) is 9.03. The van der Waals surface area contributed by atoms with Crippen molar-refractivity contribution in [3.8, 4) is 0 Å². The number of aromatic nitrogens is 2. The number of fused-ring (bicyclic) bond motifs is 1. The van der Waals surface area contributed by atoms with Crippen LogP contribution >= 0.6 is 11.6 Å². The number of carbonyl (C=O) groups excluding carboxylic acids is 1. The Morgan fingerprint density at radius 2 is 1.67 bits per heavy atom. The molecule has 5 heteroatoms. The molecule has 0 amide bonds. The van der Waals surface area contributed by atoms with E-state index >= 15 is 0 Å². The Labute approximate surface area is 165 Å². The van der Waals surface area contributed by atoms with Gasteiger partial charge in [0.05, 0.1) is 12.1 Å². The smallest absolute Gasteiger partial charge is 0.319 e. The fourth-order valence-electron chi connectivity index (χ4n) is 3.14. The molecule has 0 aliphatic heterocycles. The minimum absolute atomic E-state index is 0.147. The van der Waals surface area contributed by atoms with Gasteiger partial charge in [0.2, 0.25) is 0 Å². The topological polar surface area (TPSA) is 44.1 Å². The van der Waals surface area contributed by atoms with Gasteiger partial charge in [0, 0.05) is 15.8 Å². The van der Waals surface area contributed by atoms with Gasteiger partial charge in [-0.05, 0) is 29.2 Å². The van der Waals surface area contributed by atoms with E-state index in [-0.39, 0.29) is 16.8 Å². The maximum Gasteiger partial charge on any atom is 0.335 e. The molecule has 3 rings (SSSR count). The van der Waals surface area contributed by atoms with Gasteiger partial charge in [-0.3, -0.25) is 0 Å². The van der Waals surface area contributed by atoms with E-state index in [2.05, 4.69) is 18.9 Å². The van der Waals surface area contributed by atoms with Crippen LogP contribution in [0.5, 0.6) is 0 Å². The molecule has 27 heavy (non-hydrogen) atoms. The van der Waals surface area contributed by atoms with Crippen molar-refractivity contribution < 1.29 is 9.63 Å². The first-order chi connectivity index (χ1) is 12.6. The predicted octanol–water partition coefficient (Wildman–Crippen LogP) is 5.41. The molecule has 2 aromatic carbocycles. The quantitative estimate of drug-likeness (QED) is 0.604. The molecule has 0 bridgehead atoms. The third-order valence-corrected chi connectivity index (χ3v) is 4.83. The molecule has 0 spiro atoms. The molecular formula is C22H25ClN2O2. The Kier molecular flexibility index (Phi) is 5.04. The van der Waals surface area contributed by atoms with E-state index in [9.17, 15) is 4.79 Å². The molecule has 0 fully saturated rings. The van der Waals surface area contributed by atoms with Crippen LogP contribution in [0, 0.1) is 5.41 Å². The van der Waals surface area contributed by atoms with Crippen molar-refractivity contribution in [3.05, 3.63) is 64.8 Å². The fourth-order valence-corrected chi connectivity index (χ4v) is 3.26. The van der Waals surface area contributed by atoms with Crippen LogP contribution in [0.3, 0.4) is 0 Å². The zero-order chi connectivity index (χ0) is 19.8. The van der Waals surface area contributed by atoms with Crippen LogP contribution in [0.2, 0.25) is 5.02 Å². The number of para-hydroxylation sites is 1. The van der Waals surface area contributed by atoms with Crippen LogP contribution in [0.25, 0.3) is 10.9 Å². The van der Waals surface area contributed by atoms with E-state index in [1.165, 1.54) is 4.85 Å². The SMILES string of the molecule is CC(C)(C)CC(=O)On1nc(C(C)(C)c2ccc(Cl)cc2)c2ccccc21. The molecule has 0 atom stereocenters. The van der Waals surface area contributed by atoms with Crippen LogP contribution in [-0.2, 0) is 10.2 Å². The summed E-state index contributed by atoms with van der Waals surface area (Å²) in [6.07, 6.45) is 0.317. The molecular weight excluding hydrogens is 360 g/mol. The van der Waals surface area contributed by atoms with E-state index < -0.39 is 0 Å². The van der Waals surface area contributed by atoms with Crippen molar-refractivity contribution in [2.45, 2.75) is 46.5 Å². The van der Waals surface area contributed by atoms with Gasteiger partial charge in [-0.25, -0.2) is 4.79 Å². The Balaban J connectivity index is 2.04. The molecule has 1 aromatic heterocycles. The molecule has 3 aromatic rings. The maximum atomic E-state index is 12.3. The highest BCUT2D eigenvalue weighted by Gasteiger charge is 2.30. The zero-order valence-electron chi connectivity index (χ0n) is 16.4. The van der Waals surface area contributed by atoms with Crippen LogP contribution in [0.15, 0.2) is 48.5 Å². The number of hydrogen-bond donors (Lipinski definition) is 0. The van der Waals surface area contributed by atoms with E-state index in [1.54, 1.807) is 0 Å². The Morgan fingerprint density at radius 1 is 1.04 bits per heavy atom. The lowest BCUT2D eigenvalue weighted by Gasteiger charge is -2.23. The number of halogens is 1. The van der Waals surface area contributed by atoms with Crippen LogP contribution < -0.4 is 4.84 Å². The van der Waals surface area contributed by atoms with Crippen molar-refractivity contribution in [1.82, 2.24) is 9.94 Å². The second kappa shape index (κ2) is 7.01. The Bertz CT molecular complexity index is 966. The summed E-state index contributed by atoms with van der Waals surface area (Å²) >= 11 is 6.04. The monoisotopic (exact) mass is 384 g/mol. The zero-order valence-corrected chi connectivity index (χ0v) is 17.2. The standard InChI is InChI=1S/C22H25ClN2O2/c1-21(2,3)14-19(26)27-25-18-9-7-6-8-17(18)20(24-25)22(4,5)15-10-12-16(23)13-11-15/h6-13H,14H2,1-5H3. The summed E-state index contributed by atoms with van der Waals surface area (Å²) < 4.78 is 0. The molecule has 0 aliphatic carbocycles. The Hall–Kier alpha value is -2.33. The second-order valence-corrected chi connectivity index (χ2v) is 9.01. The second-order valence-electron chi connectivity index (χ2n) is 8.57. The van der Waals surface area contributed by atoms with Gasteiger partial charge < -0.3 is 4.84 Å². The van der Waals surface area contributed by atoms with Crippen molar-refractivity contribution in [2.24, 2.45) is 5.41 Å². The van der Waals surface area contributed by atoms with Gasteiger partial charge in [-0.1, -0.05) is 81.4 Å². The predicted molar refractivity (Wildman–Crippen MR) is 109 cm³/mol. The molecule has 0 saturated carbocycles. The van der Waals surface area contributed by atoms with Crippen molar-refractivity contribution in [3.63, 3.8) is 0 Å². The fraction of sp³-hybridized carbons (Fsp3) is 0.364. The molecule has 142 valence electrons. The van der Waals surface area contributed by atoms with E-state index in [0.29, 0.717) is 11.4 Å². The van der Waals surface area contributed by atoms with Crippen molar-refractivity contribution >= 4 is 28.5 Å². The average molecular weight is 385 g/mol. The molecule has 0 aliphatic rings. The third kappa shape index (κ3) is 4.16. The van der Waals surface area contributed by atoms with Gasteiger partial charge in [0.25, 0.3) is 0 Å². The van der Waals surface area contributed by atoms with Crippen LogP contribution in [0.1, 0.15) is 52.3 Å². The highest BCUT2D eigenvalue weighted by Crippen LogP contribution is 2.35. The summed E-state index contributed by atoms with van der Waals surface area (Å²) in [5.41, 5.74) is 2.18. The van der Waals surface area contributed by atoms with E-state index in [4.69, 9.17) is 16.4 Å². The lowest BCUT2D eigenvalue weighted by Crippen LogP contribution is -2.26. The first kappa shape index (κ1) is 19.4. The normalized spacial score (nSPS) is 12.4. The summed E-state index contributed by atoms with van der Waals surface area (Å²) in [5, 5.41) is 6.33. The maximum absolute atomic E-state index is 12.3. The number of carbonyl (C=O) groups is 1. The van der Waals surface area contributed by atoms with Gasteiger partial charge in [-0.2, -0.15) is 0 Å². The minimum Gasteiger partial charge on any atom is -0.319 e. The minimum atomic E-state index is -0.383. The summed E-state index contributed by atoms with van der Waals surface area (Å²) in [6, 6.07) is 15.5. The number of nitrogens with zero attached hydrogens (tertiary/aromatic N) is 2. The molecule has 0 unspecified atom stereocenters. The molecule has 0 radical (unpaired) electrons. The number of rotatable bonds is 4. The summed E-state index contributed by atoms with van der Waals surface area (Å²) in [6.45, 7) is 10.2. The third-order valence-electron chi connectivity index (χ3n) is 4.58. The van der Waals surface area contributed by atoms with Crippen molar-refractivity contribution in [1.29, 1.82) is 0 Å². The van der Waals surface area contributed by atoms with Gasteiger partial charge in [0.1, 0.15) is 5.52 Å². The summed E-state index contributed by atoms with van der Waals surface area (Å²) in [5.74, 6) is -0.299. The average Bonchev–Trinajstić information content (AvgIpc) is 2.93. The largest absolute Gasteiger partial charge is 0.335 e. The number of hydrogen-bond acceptors (Lipinski definition) is 3. The molecule has 4 nitrogen and oxygen atoms in total. The van der Waals surface area contributed by atoms with Crippen LogP contribution in [-0.4, -0.2) is 15.9 Å². The van der Waals surface area contributed by atoms with Gasteiger partial charge >= 0.3 is 5.97 Å². The summed E-state index contributed by atoms with van der Waals surface area (Å²) in [7, 11) is 0. The highest BCUT2D eigenvalue weighted by atomic mass is 35.5. The lowest BCUT2D eigenvalue weighted by atomic mass is 9.80. The van der Waals surface area contributed by atoms with Crippen molar-refractivity contribution in [2.75, 3.05) is 0 Å². The molecule has 1 heterocycles. The van der Waals surface area contributed by atoms with Crippen LogP contribution in [0.4, 0.5) is 0 Å². The molecule has 0 saturated heterocycles. The van der Waals surface area contributed by atoms with Gasteiger partial charge in [0.15, 0.2) is 0 Å². The lowest BCUT2D eigenvalue weighted by molar-refractivity contribution is -0.147. The Morgan fingerprint density at radius 3 is 2.30 bits per heavy atom. The highest BCUT2D eigenvalue weighted by molar-refractivity contribution is 6.30. The number of benzene rings is 2.